The smallest absolute Gasteiger partial charge is 0.243 e. The van der Waals surface area contributed by atoms with Crippen molar-refractivity contribution in [1.82, 2.24) is 16.0 Å². The van der Waals surface area contributed by atoms with E-state index in [1.54, 1.807) is 7.11 Å². The molecule has 6 nitrogen and oxygen atoms in total. The molecule has 2 amide bonds. The Labute approximate surface area is 178 Å². The molecule has 0 aromatic heterocycles. The van der Waals surface area contributed by atoms with Crippen molar-refractivity contribution in [2.24, 2.45) is 5.92 Å². The van der Waals surface area contributed by atoms with E-state index in [-0.39, 0.29) is 23.8 Å². The molecule has 0 bridgehead atoms. The van der Waals surface area contributed by atoms with Crippen LogP contribution in [0.4, 0.5) is 0 Å². The van der Waals surface area contributed by atoms with Gasteiger partial charge in [0.1, 0.15) is 11.8 Å². The van der Waals surface area contributed by atoms with Crippen LogP contribution in [0.1, 0.15) is 37.0 Å². The highest BCUT2D eigenvalue weighted by molar-refractivity contribution is 5.90. The lowest BCUT2D eigenvalue weighted by Crippen LogP contribution is -2.56. The number of carbonyl (C=O) groups excluding carboxylic acids is 2. The topological polar surface area (TPSA) is 79.5 Å². The summed E-state index contributed by atoms with van der Waals surface area (Å²) in [6.07, 6.45) is 1.42. The number of ether oxygens (including phenoxy) is 1. The van der Waals surface area contributed by atoms with E-state index in [9.17, 15) is 9.59 Å². The van der Waals surface area contributed by atoms with Gasteiger partial charge in [-0.15, -0.1) is 0 Å². The van der Waals surface area contributed by atoms with Crippen LogP contribution in [0.3, 0.4) is 0 Å². The third-order valence-corrected chi connectivity index (χ3v) is 5.82. The molecular weight excluding hydrogens is 378 g/mol. The number of amides is 2. The van der Waals surface area contributed by atoms with E-state index < -0.39 is 6.04 Å². The lowest BCUT2D eigenvalue weighted by molar-refractivity contribution is -0.131. The highest BCUT2D eigenvalue weighted by Gasteiger charge is 2.30. The molecule has 2 aromatic rings. The van der Waals surface area contributed by atoms with Gasteiger partial charge in [-0.25, -0.2) is 0 Å². The lowest BCUT2D eigenvalue weighted by atomic mass is 9.94. The second kappa shape index (κ2) is 10.3. The van der Waals surface area contributed by atoms with Crippen molar-refractivity contribution in [1.29, 1.82) is 0 Å². The molecule has 1 aliphatic rings. The first kappa shape index (κ1) is 21.8. The molecule has 3 N–H and O–H groups in total. The Bertz CT molecular complexity index is 866. The zero-order chi connectivity index (χ0) is 21.5. The summed E-state index contributed by atoms with van der Waals surface area (Å²) in [5.41, 5.74) is 3.38. The van der Waals surface area contributed by atoms with Gasteiger partial charge in [-0.3, -0.25) is 9.59 Å². The Morgan fingerprint density at radius 2 is 1.83 bits per heavy atom. The van der Waals surface area contributed by atoms with Crippen LogP contribution in [0.2, 0.25) is 0 Å². The fourth-order valence-electron chi connectivity index (χ4n) is 3.64. The maximum Gasteiger partial charge on any atom is 0.243 e. The highest BCUT2D eigenvalue weighted by Crippen LogP contribution is 2.17. The molecule has 30 heavy (non-hydrogen) atoms. The summed E-state index contributed by atoms with van der Waals surface area (Å²) >= 11 is 0. The molecule has 0 spiro atoms. The van der Waals surface area contributed by atoms with E-state index in [4.69, 9.17) is 4.74 Å². The SMILES string of the molecule is CCC(C)[C@H](NC(=O)[C@@H]1Cc2ccccc2CN1)C(=O)NCc1ccc(OC)cc1. The van der Waals surface area contributed by atoms with Crippen LogP contribution in [0.25, 0.3) is 0 Å². The van der Waals surface area contributed by atoms with Gasteiger partial charge < -0.3 is 20.7 Å². The van der Waals surface area contributed by atoms with E-state index in [0.29, 0.717) is 19.5 Å². The van der Waals surface area contributed by atoms with Gasteiger partial charge in [0.15, 0.2) is 0 Å². The second-order valence-corrected chi connectivity index (χ2v) is 7.84. The van der Waals surface area contributed by atoms with Crippen LogP contribution in [-0.4, -0.2) is 31.0 Å². The van der Waals surface area contributed by atoms with Gasteiger partial charge in [0.05, 0.1) is 13.2 Å². The molecule has 3 rings (SSSR count). The molecule has 0 aliphatic carbocycles. The summed E-state index contributed by atoms with van der Waals surface area (Å²) in [6, 6.07) is 14.8. The average molecular weight is 410 g/mol. The molecule has 1 aliphatic heterocycles. The maximum atomic E-state index is 12.9. The summed E-state index contributed by atoms with van der Waals surface area (Å²) < 4.78 is 5.16. The minimum Gasteiger partial charge on any atom is -0.497 e. The zero-order valence-electron chi connectivity index (χ0n) is 17.9. The summed E-state index contributed by atoms with van der Waals surface area (Å²) in [4.78, 5) is 25.8. The molecule has 2 aromatic carbocycles. The normalized spacial score (nSPS) is 17.4. The summed E-state index contributed by atoms with van der Waals surface area (Å²) in [7, 11) is 1.62. The summed E-state index contributed by atoms with van der Waals surface area (Å²) in [5, 5.41) is 9.24. The van der Waals surface area contributed by atoms with Crippen LogP contribution in [-0.2, 0) is 29.1 Å². The van der Waals surface area contributed by atoms with Gasteiger partial charge in [-0.05, 0) is 41.2 Å². The predicted molar refractivity (Wildman–Crippen MR) is 117 cm³/mol. The van der Waals surface area contributed by atoms with Crippen molar-refractivity contribution in [2.45, 2.75) is 51.9 Å². The Morgan fingerprint density at radius 1 is 1.13 bits per heavy atom. The minimum absolute atomic E-state index is 0.0284. The molecule has 1 unspecified atom stereocenters. The Morgan fingerprint density at radius 3 is 2.50 bits per heavy atom. The molecule has 6 heteroatoms. The number of rotatable bonds is 8. The fraction of sp³-hybridized carbons (Fsp3) is 0.417. The standard InChI is InChI=1S/C24H31N3O3/c1-4-16(2)22(24(29)26-14-17-9-11-20(30-3)12-10-17)27-23(28)21-13-18-7-5-6-8-19(18)15-25-21/h5-12,16,21-22,25H,4,13-15H2,1-3H3,(H,26,29)(H,27,28)/t16?,21-,22-/m0/s1. The van der Waals surface area contributed by atoms with Gasteiger partial charge in [0.25, 0.3) is 0 Å². The third kappa shape index (κ3) is 5.39. The predicted octanol–water partition coefficient (Wildman–Crippen LogP) is 2.56. The fourth-order valence-corrected chi connectivity index (χ4v) is 3.64. The minimum atomic E-state index is -0.570. The number of hydrogen-bond acceptors (Lipinski definition) is 4. The molecule has 1 heterocycles. The van der Waals surface area contributed by atoms with Crippen LogP contribution in [0.15, 0.2) is 48.5 Å². The van der Waals surface area contributed by atoms with Crippen molar-refractivity contribution in [3.8, 4) is 5.75 Å². The van der Waals surface area contributed by atoms with Crippen LogP contribution in [0.5, 0.6) is 5.75 Å². The number of fused-ring (bicyclic) bond motifs is 1. The van der Waals surface area contributed by atoms with E-state index in [0.717, 1.165) is 17.7 Å². The molecule has 3 atom stereocenters. The number of methoxy groups -OCH3 is 1. The van der Waals surface area contributed by atoms with Crippen molar-refractivity contribution in [3.05, 3.63) is 65.2 Å². The second-order valence-electron chi connectivity index (χ2n) is 7.84. The van der Waals surface area contributed by atoms with E-state index >= 15 is 0 Å². The molecular formula is C24H31N3O3. The summed E-state index contributed by atoms with van der Waals surface area (Å²) in [6.45, 7) is 5.07. The average Bonchev–Trinajstić information content (AvgIpc) is 2.80. The molecule has 0 saturated heterocycles. The van der Waals surface area contributed by atoms with Crippen LogP contribution < -0.4 is 20.7 Å². The lowest BCUT2D eigenvalue weighted by Gasteiger charge is -2.29. The van der Waals surface area contributed by atoms with Crippen molar-refractivity contribution >= 4 is 11.8 Å². The van der Waals surface area contributed by atoms with E-state index in [2.05, 4.69) is 28.1 Å². The van der Waals surface area contributed by atoms with E-state index in [1.807, 2.05) is 50.2 Å². The van der Waals surface area contributed by atoms with Crippen LogP contribution in [0, 0.1) is 5.92 Å². The molecule has 0 fully saturated rings. The Balaban J connectivity index is 1.60. The van der Waals surface area contributed by atoms with Crippen molar-refractivity contribution < 1.29 is 14.3 Å². The summed E-state index contributed by atoms with van der Waals surface area (Å²) in [5.74, 6) is 0.510. The highest BCUT2D eigenvalue weighted by atomic mass is 16.5. The number of benzene rings is 2. The number of nitrogens with one attached hydrogen (secondary N) is 3. The largest absolute Gasteiger partial charge is 0.497 e. The Hall–Kier alpha value is -2.86. The first-order valence-corrected chi connectivity index (χ1v) is 10.5. The number of hydrogen-bond donors (Lipinski definition) is 3. The Kier molecular flexibility index (Phi) is 7.46. The van der Waals surface area contributed by atoms with Crippen LogP contribution >= 0.6 is 0 Å². The molecule has 160 valence electrons. The third-order valence-electron chi connectivity index (χ3n) is 5.82. The van der Waals surface area contributed by atoms with Gasteiger partial charge in [0, 0.05) is 13.1 Å². The first-order chi connectivity index (χ1) is 14.5. The molecule has 0 saturated carbocycles. The maximum absolute atomic E-state index is 12.9. The number of carbonyl (C=O) groups is 2. The van der Waals surface area contributed by atoms with E-state index in [1.165, 1.54) is 11.1 Å². The van der Waals surface area contributed by atoms with Crippen molar-refractivity contribution in [2.75, 3.05) is 7.11 Å². The monoisotopic (exact) mass is 409 g/mol. The van der Waals surface area contributed by atoms with Gasteiger partial charge in [-0.1, -0.05) is 56.7 Å². The van der Waals surface area contributed by atoms with Gasteiger partial charge >= 0.3 is 0 Å². The quantitative estimate of drug-likeness (QED) is 0.626. The molecule has 0 radical (unpaired) electrons. The van der Waals surface area contributed by atoms with Gasteiger partial charge in [-0.2, -0.15) is 0 Å². The first-order valence-electron chi connectivity index (χ1n) is 10.5. The van der Waals surface area contributed by atoms with Gasteiger partial charge in [0.2, 0.25) is 11.8 Å². The van der Waals surface area contributed by atoms with Crippen molar-refractivity contribution in [3.63, 3.8) is 0 Å². The zero-order valence-corrected chi connectivity index (χ0v) is 17.9.